The maximum atomic E-state index is 4.76. The molecule has 0 aromatic carbocycles. The lowest BCUT2D eigenvalue weighted by Crippen LogP contribution is -2.46. The van der Waals surface area contributed by atoms with Gasteiger partial charge in [-0.15, -0.1) is 24.0 Å². The van der Waals surface area contributed by atoms with Gasteiger partial charge in [0.05, 0.1) is 6.54 Å². The summed E-state index contributed by atoms with van der Waals surface area (Å²) in [7, 11) is 0. The van der Waals surface area contributed by atoms with Gasteiger partial charge in [0.15, 0.2) is 5.96 Å². The monoisotopic (exact) mass is 557 g/mol. The Bertz CT molecular complexity index is 651. The quantitative estimate of drug-likeness (QED) is 0.211. The van der Waals surface area contributed by atoms with Crippen molar-refractivity contribution in [1.29, 1.82) is 0 Å². The van der Waals surface area contributed by atoms with Crippen LogP contribution in [0.5, 0.6) is 0 Å². The Labute approximate surface area is 212 Å². The molecule has 0 unspecified atom stereocenters. The molecule has 3 heterocycles. The van der Waals surface area contributed by atoms with Gasteiger partial charge in [-0.3, -0.25) is 0 Å². The molecule has 0 bridgehead atoms. The van der Waals surface area contributed by atoms with E-state index in [1.807, 2.05) is 6.20 Å². The minimum Gasteiger partial charge on any atom is -0.357 e. The number of pyridine rings is 1. The van der Waals surface area contributed by atoms with Gasteiger partial charge in [-0.2, -0.15) is 0 Å². The number of piperazine rings is 1. The Morgan fingerprint density at radius 2 is 1.78 bits per heavy atom. The van der Waals surface area contributed by atoms with Crippen LogP contribution >= 0.6 is 24.0 Å². The first kappa shape index (κ1) is 27.1. The van der Waals surface area contributed by atoms with E-state index in [4.69, 9.17) is 9.98 Å². The number of likely N-dealkylation sites (N-methyl/N-ethyl adjacent to an activating group) is 1. The van der Waals surface area contributed by atoms with Crippen LogP contribution in [-0.2, 0) is 6.54 Å². The molecule has 2 saturated heterocycles. The van der Waals surface area contributed by atoms with E-state index in [-0.39, 0.29) is 24.0 Å². The van der Waals surface area contributed by atoms with Crippen molar-refractivity contribution in [2.75, 3.05) is 70.3 Å². The van der Waals surface area contributed by atoms with Crippen molar-refractivity contribution in [2.45, 2.75) is 46.6 Å². The molecule has 8 heteroatoms. The van der Waals surface area contributed by atoms with E-state index in [0.29, 0.717) is 6.54 Å². The van der Waals surface area contributed by atoms with Gasteiger partial charge < -0.3 is 25.3 Å². The van der Waals surface area contributed by atoms with Crippen LogP contribution in [0.4, 0.5) is 5.82 Å². The molecule has 7 nitrogen and oxygen atoms in total. The predicted molar refractivity (Wildman–Crippen MR) is 146 cm³/mol. The summed E-state index contributed by atoms with van der Waals surface area (Å²) in [4.78, 5) is 16.9. The second kappa shape index (κ2) is 14.9. The maximum absolute atomic E-state index is 4.76. The first-order valence-electron chi connectivity index (χ1n) is 12.3. The minimum atomic E-state index is 0. The fraction of sp³-hybridized carbons (Fsp3) is 0.750. The minimum absolute atomic E-state index is 0. The van der Waals surface area contributed by atoms with Gasteiger partial charge in [0, 0.05) is 45.5 Å². The van der Waals surface area contributed by atoms with E-state index >= 15 is 0 Å². The zero-order valence-corrected chi connectivity index (χ0v) is 22.7. The molecule has 2 aliphatic heterocycles. The van der Waals surface area contributed by atoms with E-state index in [2.05, 4.69) is 58.2 Å². The molecule has 32 heavy (non-hydrogen) atoms. The van der Waals surface area contributed by atoms with Crippen LogP contribution in [0.2, 0.25) is 0 Å². The molecule has 0 atom stereocenters. The third-order valence-corrected chi connectivity index (χ3v) is 6.54. The molecule has 1 aromatic heterocycles. The molecular formula is C24H44IN7. The molecule has 0 saturated carbocycles. The summed E-state index contributed by atoms with van der Waals surface area (Å²) in [6, 6.07) is 4.31. The van der Waals surface area contributed by atoms with Gasteiger partial charge in [0.1, 0.15) is 5.82 Å². The topological polar surface area (TPSA) is 59.0 Å². The molecule has 0 spiro atoms. The smallest absolute Gasteiger partial charge is 0.191 e. The molecule has 0 aliphatic carbocycles. The number of likely N-dealkylation sites (tertiary alicyclic amines) is 1. The second-order valence-electron chi connectivity index (χ2n) is 8.95. The number of rotatable bonds is 9. The average Bonchev–Trinajstić information content (AvgIpc) is 2.82. The molecule has 0 amide bonds. The van der Waals surface area contributed by atoms with E-state index < -0.39 is 0 Å². The summed E-state index contributed by atoms with van der Waals surface area (Å²) in [5.41, 5.74) is 1.15. The van der Waals surface area contributed by atoms with Crippen molar-refractivity contribution in [3.05, 3.63) is 23.9 Å². The Kier molecular flexibility index (Phi) is 12.6. The first-order valence-corrected chi connectivity index (χ1v) is 12.3. The third kappa shape index (κ3) is 9.02. The molecule has 0 radical (unpaired) electrons. The lowest BCUT2D eigenvalue weighted by molar-refractivity contribution is 0.191. The van der Waals surface area contributed by atoms with Crippen molar-refractivity contribution in [1.82, 2.24) is 25.4 Å². The van der Waals surface area contributed by atoms with Gasteiger partial charge >= 0.3 is 0 Å². The highest BCUT2D eigenvalue weighted by molar-refractivity contribution is 14.0. The molecular weight excluding hydrogens is 513 g/mol. The summed E-state index contributed by atoms with van der Waals surface area (Å²) in [5, 5.41) is 6.85. The van der Waals surface area contributed by atoms with Gasteiger partial charge in [-0.05, 0) is 69.9 Å². The third-order valence-electron chi connectivity index (χ3n) is 6.54. The number of halogens is 1. The van der Waals surface area contributed by atoms with Crippen LogP contribution < -0.4 is 15.5 Å². The molecule has 2 fully saturated rings. The van der Waals surface area contributed by atoms with E-state index in [0.717, 1.165) is 75.5 Å². The summed E-state index contributed by atoms with van der Waals surface area (Å²) in [6.07, 6.45) is 5.82. The molecule has 1 aromatic rings. The summed E-state index contributed by atoms with van der Waals surface area (Å²) in [6.45, 7) is 18.4. The van der Waals surface area contributed by atoms with Gasteiger partial charge in [-0.1, -0.05) is 19.9 Å². The molecule has 3 rings (SSSR count). The predicted octanol–water partition coefficient (Wildman–Crippen LogP) is 3.02. The number of aliphatic imine (C=N–C) groups is 1. The Morgan fingerprint density at radius 3 is 2.41 bits per heavy atom. The van der Waals surface area contributed by atoms with E-state index in [1.54, 1.807) is 0 Å². The number of nitrogens with one attached hydrogen (secondary N) is 2. The van der Waals surface area contributed by atoms with Crippen molar-refractivity contribution in [3.63, 3.8) is 0 Å². The van der Waals surface area contributed by atoms with Crippen LogP contribution in [0.1, 0.15) is 45.6 Å². The first-order chi connectivity index (χ1) is 15.2. The zero-order chi connectivity index (χ0) is 21.9. The number of hydrogen-bond acceptors (Lipinski definition) is 5. The van der Waals surface area contributed by atoms with Crippen molar-refractivity contribution in [2.24, 2.45) is 10.9 Å². The van der Waals surface area contributed by atoms with Crippen LogP contribution in [0, 0.1) is 5.92 Å². The molecule has 2 aliphatic rings. The lowest BCUT2D eigenvalue weighted by Gasteiger charge is -2.34. The Balaban J connectivity index is 0.00000363. The zero-order valence-electron chi connectivity index (χ0n) is 20.4. The SMILES string of the molecule is CCNC(=NCc1ccc(N2CCN(CC)CC2)nc1)NCCCN1CCC(C)CC1.I. The summed E-state index contributed by atoms with van der Waals surface area (Å²) in [5.74, 6) is 2.88. The number of aromatic nitrogens is 1. The summed E-state index contributed by atoms with van der Waals surface area (Å²) < 4.78 is 0. The van der Waals surface area contributed by atoms with Crippen molar-refractivity contribution in [3.8, 4) is 0 Å². The molecule has 2 N–H and O–H groups in total. The highest BCUT2D eigenvalue weighted by Crippen LogP contribution is 2.16. The maximum Gasteiger partial charge on any atom is 0.191 e. The number of hydrogen-bond donors (Lipinski definition) is 2. The van der Waals surface area contributed by atoms with Crippen molar-refractivity contribution < 1.29 is 0 Å². The van der Waals surface area contributed by atoms with Crippen LogP contribution in [0.3, 0.4) is 0 Å². The average molecular weight is 558 g/mol. The normalized spacial score (nSPS) is 19.0. The van der Waals surface area contributed by atoms with Crippen LogP contribution in [-0.4, -0.2) is 86.2 Å². The highest BCUT2D eigenvalue weighted by Gasteiger charge is 2.17. The van der Waals surface area contributed by atoms with Gasteiger partial charge in [0.2, 0.25) is 0 Å². The number of guanidine groups is 1. The lowest BCUT2D eigenvalue weighted by atomic mass is 9.99. The van der Waals surface area contributed by atoms with Gasteiger partial charge in [0.25, 0.3) is 0 Å². The van der Waals surface area contributed by atoms with E-state index in [9.17, 15) is 0 Å². The van der Waals surface area contributed by atoms with Crippen LogP contribution in [0.25, 0.3) is 0 Å². The van der Waals surface area contributed by atoms with Crippen molar-refractivity contribution >= 4 is 35.8 Å². The summed E-state index contributed by atoms with van der Waals surface area (Å²) >= 11 is 0. The Hall–Kier alpha value is -1.13. The number of nitrogens with zero attached hydrogens (tertiary/aromatic N) is 5. The standard InChI is InChI=1S/C24H43N7.HI/c1-4-25-24(26-11-6-12-30-13-9-21(3)10-14-30)28-20-22-7-8-23(27-19-22)31-17-15-29(5-2)16-18-31;/h7-8,19,21H,4-6,9-18,20H2,1-3H3,(H2,25,26,28);1H. The number of anilines is 1. The van der Waals surface area contributed by atoms with E-state index in [1.165, 1.54) is 32.5 Å². The number of piperidine rings is 1. The highest BCUT2D eigenvalue weighted by atomic mass is 127. The fourth-order valence-electron chi connectivity index (χ4n) is 4.30. The Morgan fingerprint density at radius 1 is 1.03 bits per heavy atom. The van der Waals surface area contributed by atoms with Crippen LogP contribution in [0.15, 0.2) is 23.3 Å². The largest absolute Gasteiger partial charge is 0.357 e. The fourth-order valence-corrected chi connectivity index (χ4v) is 4.30. The molecule has 182 valence electrons. The second-order valence-corrected chi connectivity index (χ2v) is 8.95. The van der Waals surface area contributed by atoms with Gasteiger partial charge in [-0.25, -0.2) is 9.98 Å².